The number of aromatic nitrogens is 3. The minimum Gasteiger partial charge on any atom is -0.444 e. The lowest BCUT2D eigenvalue weighted by Gasteiger charge is -2.20. The van der Waals surface area contributed by atoms with Crippen LogP contribution in [0.25, 0.3) is 0 Å². The predicted octanol–water partition coefficient (Wildman–Crippen LogP) is -1.85. The van der Waals surface area contributed by atoms with Crippen LogP contribution < -0.4 is 22.2 Å². The van der Waals surface area contributed by atoms with Gasteiger partial charge in [-0.05, 0) is 20.8 Å². The third-order valence-corrected chi connectivity index (χ3v) is 2.37. The molecule has 0 saturated heterocycles. The van der Waals surface area contributed by atoms with Crippen LogP contribution in [0.4, 0.5) is 4.79 Å². The molecule has 0 aliphatic heterocycles. The van der Waals surface area contributed by atoms with Crippen LogP contribution >= 0.6 is 0 Å². The maximum absolute atomic E-state index is 11.8. The second kappa shape index (κ2) is 6.98. The molecule has 0 fully saturated rings. The van der Waals surface area contributed by atoms with Crippen LogP contribution in [0.15, 0.2) is 9.59 Å². The van der Waals surface area contributed by atoms with Crippen molar-refractivity contribution >= 4 is 11.9 Å². The first-order chi connectivity index (χ1) is 10.1. The molecule has 1 unspecified atom stereocenters. The summed E-state index contributed by atoms with van der Waals surface area (Å²) in [5.41, 5.74) is 3.08. The van der Waals surface area contributed by atoms with Crippen LogP contribution in [0.3, 0.4) is 0 Å². The fourth-order valence-corrected chi connectivity index (χ4v) is 1.38. The summed E-state index contributed by atoms with van der Waals surface area (Å²) in [6, 6.07) is -1.10. The van der Waals surface area contributed by atoms with Crippen LogP contribution in [0.1, 0.15) is 20.8 Å². The molecule has 0 spiro atoms. The van der Waals surface area contributed by atoms with Gasteiger partial charge in [0, 0.05) is 0 Å². The molecule has 0 aliphatic carbocycles. The van der Waals surface area contributed by atoms with E-state index < -0.39 is 34.6 Å². The summed E-state index contributed by atoms with van der Waals surface area (Å²) >= 11 is 0. The summed E-state index contributed by atoms with van der Waals surface area (Å²) in [6.45, 7) is 4.42. The Kier molecular flexibility index (Phi) is 5.57. The smallest absolute Gasteiger partial charge is 0.408 e. The predicted molar refractivity (Wildman–Crippen MR) is 75.2 cm³/mol. The van der Waals surface area contributed by atoms with Crippen LogP contribution in [0.5, 0.6) is 0 Å². The van der Waals surface area contributed by atoms with Crippen molar-refractivity contribution in [3.05, 3.63) is 27.0 Å². The first-order valence-corrected chi connectivity index (χ1v) is 6.42. The average Bonchev–Trinajstić information content (AvgIpc) is 2.39. The monoisotopic (exact) mass is 312 g/mol. The number of ether oxygens (including phenoxy) is 1. The number of Topliss-reactive ketones (excluding diaryl/α,β-unsaturated/α-hetero) is 1. The molecule has 22 heavy (non-hydrogen) atoms. The van der Waals surface area contributed by atoms with E-state index >= 15 is 0 Å². The maximum Gasteiger partial charge on any atom is 0.408 e. The standard InChI is InChI=1S/C12H18N5O5/c1-12(2,3)22-11(21)14-4-8(18)7(13)5-17-6-15-16-9(19)10(17)20/h7H,4-5,13H2,1-3H3,(H,14,21)(H,16,19). The molecular formula is C12H18N5O5. The number of H-pyrrole nitrogens is 1. The van der Waals surface area contributed by atoms with Crippen molar-refractivity contribution in [2.45, 2.75) is 39.0 Å². The lowest BCUT2D eigenvalue weighted by molar-refractivity contribution is -0.119. The molecule has 0 aromatic carbocycles. The Bertz CT molecular complexity index is 657. The van der Waals surface area contributed by atoms with Gasteiger partial charge < -0.3 is 15.8 Å². The summed E-state index contributed by atoms with van der Waals surface area (Å²) < 4.78 is 5.76. The second-order valence-corrected chi connectivity index (χ2v) is 5.50. The number of ketones is 1. The Hall–Kier alpha value is -2.49. The number of hydrogen-bond acceptors (Lipinski definition) is 7. The highest BCUT2D eigenvalue weighted by molar-refractivity contribution is 5.88. The van der Waals surface area contributed by atoms with E-state index in [4.69, 9.17) is 10.5 Å². The van der Waals surface area contributed by atoms with Crippen molar-refractivity contribution < 1.29 is 14.3 Å². The number of carbonyl (C=O) groups excluding carboxylic acids is 2. The van der Waals surface area contributed by atoms with Crippen molar-refractivity contribution in [3.8, 4) is 0 Å². The van der Waals surface area contributed by atoms with E-state index in [1.807, 2.05) is 5.10 Å². The van der Waals surface area contributed by atoms with Gasteiger partial charge in [-0.25, -0.2) is 9.89 Å². The molecule has 1 amide bonds. The Morgan fingerprint density at radius 3 is 2.68 bits per heavy atom. The number of rotatable bonds is 5. The molecule has 0 saturated carbocycles. The topological polar surface area (TPSA) is 149 Å². The molecule has 121 valence electrons. The number of hydrogen-bond donors (Lipinski definition) is 3. The first-order valence-electron chi connectivity index (χ1n) is 6.42. The van der Waals surface area contributed by atoms with Gasteiger partial charge in [0.1, 0.15) is 5.60 Å². The van der Waals surface area contributed by atoms with Crippen LogP contribution in [-0.4, -0.2) is 44.8 Å². The minimum atomic E-state index is -1.10. The molecule has 1 rings (SSSR count). The molecule has 1 atom stereocenters. The van der Waals surface area contributed by atoms with E-state index in [-0.39, 0.29) is 13.1 Å². The van der Waals surface area contributed by atoms with Gasteiger partial charge in [-0.3, -0.25) is 19.0 Å². The molecule has 1 aromatic heterocycles. The molecular weight excluding hydrogens is 294 g/mol. The van der Waals surface area contributed by atoms with E-state index in [1.54, 1.807) is 20.8 Å². The van der Waals surface area contributed by atoms with Gasteiger partial charge in [0.2, 0.25) is 6.33 Å². The van der Waals surface area contributed by atoms with E-state index in [2.05, 4.69) is 16.7 Å². The lowest BCUT2D eigenvalue weighted by Crippen LogP contribution is -2.46. The third-order valence-electron chi connectivity index (χ3n) is 2.37. The summed E-state index contributed by atoms with van der Waals surface area (Å²) in [6.07, 6.45) is 1.46. The molecule has 1 radical (unpaired) electrons. The van der Waals surface area contributed by atoms with Gasteiger partial charge in [-0.1, -0.05) is 0 Å². The number of nitrogens with one attached hydrogen (secondary N) is 2. The van der Waals surface area contributed by atoms with Crippen molar-refractivity contribution in [1.29, 1.82) is 0 Å². The Labute approximate surface area is 125 Å². The van der Waals surface area contributed by atoms with Crippen molar-refractivity contribution in [1.82, 2.24) is 20.1 Å². The van der Waals surface area contributed by atoms with E-state index in [0.717, 1.165) is 4.57 Å². The van der Waals surface area contributed by atoms with E-state index in [1.165, 1.54) is 0 Å². The minimum absolute atomic E-state index is 0.273. The Morgan fingerprint density at radius 2 is 2.09 bits per heavy atom. The van der Waals surface area contributed by atoms with Crippen LogP contribution in [0.2, 0.25) is 0 Å². The summed E-state index contributed by atoms with van der Waals surface area (Å²) in [5, 5.41) is 7.49. The summed E-state index contributed by atoms with van der Waals surface area (Å²) in [4.78, 5) is 45.7. The zero-order valence-corrected chi connectivity index (χ0v) is 12.5. The number of aromatic amines is 1. The normalized spacial score (nSPS) is 12.5. The zero-order valence-electron chi connectivity index (χ0n) is 12.5. The van der Waals surface area contributed by atoms with Crippen molar-refractivity contribution in [3.63, 3.8) is 0 Å². The first kappa shape index (κ1) is 17.6. The van der Waals surface area contributed by atoms with Gasteiger partial charge >= 0.3 is 17.2 Å². The fraction of sp³-hybridized carbons (Fsp3) is 0.583. The van der Waals surface area contributed by atoms with Gasteiger partial charge in [0.25, 0.3) is 0 Å². The molecule has 0 aliphatic rings. The van der Waals surface area contributed by atoms with Crippen molar-refractivity contribution in [2.24, 2.45) is 5.73 Å². The van der Waals surface area contributed by atoms with Crippen molar-refractivity contribution in [2.75, 3.05) is 6.54 Å². The number of carbonyl (C=O) groups is 2. The highest BCUT2D eigenvalue weighted by Gasteiger charge is 2.19. The van der Waals surface area contributed by atoms with E-state index in [0.29, 0.717) is 0 Å². The highest BCUT2D eigenvalue weighted by Crippen LogP contribution is 2.06. The number of amides is 1. The molecule has 10 nitrogen and oxygen atoms in total. The molecule has 4 N–H and O–H groups in total. The van der Waals surface area contributed by atoms with Gasteiger partial charge in [0.15, 0.2) is 5.78 Å². The second-order valence-electron chi connectivity index (χ2n) is 5.50. The van der Waals surface area contributed by atoms with Gasteiger partial charge in [-0.15, -0.1) is 0 Å². The van der Waals surface area contributed by atoms with E-state index in [9.17, 15) is 19.2 Å². The number of nitrogens with two attached hydrogens (primary N) is 1. The summed E-state index contributed by atoms with van der Waals surface area (Å²) in [7, 11) is 0. The number of alkyl carbamates (subject to hydrolysis) is 1. The molecule has 0 bridgehead atoms. The highest BCUT2D eigenvalue weighted by atomic mass is 16.6. The fourth-order valence-electron chi connectivity index (χ4n) is 1.38. The summed E-state index contributed by atoms with van der Waals surface area (Å²) in [5.74, 6) is -0.536. The van der Waals surface area contributed by atoms with Crippen LogP contribution in [-0.2, 0) is 16.1 Å². The molecule has 1 aromatic rings. The lowest BCUT2D eigenvalue weighted by atomic mass is 10.2. The quantitative estimate of drug-likeness (QED) is 0.540. The maximum atomic E-state index is 11.8. The Morgan fingerprint density at radius 1 is 1.45 bits per heavy atom. The van der Waals surface area contributed by atoms with Gasteiger partial charge in [-0.2, -0.15) is 5.10 Å². The van der Waals surface area contributed by atoms with Crippen LogP contribution in [0, 0.1) is 6.33 Å². The zero-order chi connectivity index (χ0) is 16.9. The average molecular weight is 312 g/mol. The largest absolute Gasteiger partial charge is 0.444 e. The van der Waals surface area contributed by atoms with Gasteiger partial charge in [0.05, 0.1) is 19.1 Å². The third kappa shape index (κ3) is 5.48. The number of nitrogens with zero attached hydrogens (tertiary/aromatic N) is 2. The SMILES string of the molecule is CC(C)(C)OC(=O)NCC(=O)C(N)Cn1[c]n[nH]c(=O)c1=O. The Balaban J connectivity index is 2.56. The molecule has 10 heteroatoms. The molecule has 1 heterocycles.